The lowest BCUT2D eigenvalue weighted by Gasteiger charge is -2.36. The molecule has 0 atom stereocenters. The maximum Gasteiger partial charge on any atom is 0.264 e. The van der Waals surface area contributed by atoms with Crippen molar-refractivity contribution in [2.45, 2.75) is 6.61 Å². The number of halogens is 1. The van der Waals surface area contributed by atoms with E-state index in [-0.39, 0.29) is 11.5 Å². The molecule has 1 heterocycles. The van der Waals surface area contributed by atoms with Crippen LogP contribution in [0.15, 0.2) is 82.8 Å². The van der Waals surface area contributed by atoms with Gasteiger partial charge in [-0.05, 0) is 53.6 Å². The quantitative estimate of drug-likeness (QED) is 0.306. The van der Waals surface area contributed by atoms with Crippen LogP contribution in [0, 0.1) is 11.3 Å². The molecular weight excluding hydrogens is 506 g/mol. The first-order valence-electron chi connectivity index (χ1n) is 11.3. The maximum absolute atomic E-state index is 13.0. The molecule has 3 aromatic rings. The van der Waals surface area contributed by atoms with E-state index in [1.165, 1.54) is 0 Å². The minimum atomic E-state index is -0.255. The van der Waals surface area contributed by atoms with Gasteiger partial charge in [0.1, 0.15) is 18.2 Å². The van der Waals surface area contributed by atoms with E-state index in [0.717, 1.165) is 28.8 Å². The lowest BCUT2D eigenvalue weighted by Crippen LogP contribution is -2.49. The number of piperazine rings is 1. The van der Waals surface area contributed by atoms with Crippen LogP contribution in [0.2, 0.25) is 0 Å². The summed E-state index contributed by atoms with van der Waals surface area (Å²) in [5, 5.41) is 9.69. The average Bonchev–Trinajstić information content (AvgIpc) is 2.92. The van der Waals surface area contributed by atoms with Gasteiger partial charge < -0.3 is 19.3 Å². The van der Waals surface area contributed by atoms with Crippen molar-refractivity contribution in [3.05, 3.63) is 94.0 Å². The van der Waals surface area contributed by atoms with Crippen molar-refractivity contribution in [2.24, 2.45) is 0 Å². The maximum atomic E-state index is 13.0. The van der Waals surface area contributed by atoms with Crippen LogP contribution in [-0.2, 0) is 11.4 Å². The molecule has 1 saturated heterocycles. The zero-order chi connectivity index (χ0) is 24.6. The number of anilines is 1. The summed E-state index contributed by atoms with van der Waals surface area (Å²) in [7, 11) is 1.57. The fraction of sp³-hybridized carbons (Fsp3) is 0.214. The Balaban J connectivity index is 1.42. The molecule has 0 unspecified atom stereocenters. The fourth-order valence-electron chi connectivity index (χ4n) is 3.92. The van der Waals surface area contributed by atoms with Gasteiger partial charge in [0.25, 0.3) is 5.91 Å². The normalized spacial score (nSPS) is 13.8. The van der Waals surface area contributed by atoms with Gasteiger partial charge in [-0.15, -0.1) is 0 Å². The number of ether oxygens (including phenoxy) is 2. The summed E-state index contributed by atoms with van der Waals surface area (Å²) in [5.74, 6) is 0.876. The van der Waals surface area contributed by atoms with Crippen LogP contribution >= 0.6 is 15.9 Å². The molecule has 1 fully saturated rings. The highest BCUT2D eigenvalue weighted by molar-refractivity contribution is 9.10. The first-order valence-corrected chi connectivity index (χ1v) is 12.1. The molecule has 0 radical (unpaired) electrons. The zero-order valence-electron chi connectivity index (χ0n) is 19.5. The Kier molecular flexibility index (Phi) is 8.07. The van der Waals surface area contributed by atoms with E-state index >= 15 is 0 Å². The molecule has 35 heavy (non-hydrogen) atoms. The van der Waals surface area contributed by atoms with E-state index in [0.29, 0.717) is 36.8 Å². The second kappa shape index (κ2) is 11.6. The number of hydrogen-bond acceptors (Lipinski definition) is 5. The molecule has 1 aliphatic rings. The summed E-state index contributed by atoms with van der Waals surface area (Å²) >= 11 is 3.43. The van der Waals surface area contributed by atoms with Crippen LogP contribution < -0.4 is 14.4 Å². The summed E-state index contributed by atoms with van der Waals surface area (Å²) in [6, 6.07) is 25.5. The minimum absolute atomic E-state index is 0.101. The lowest BCUT2D eigenvalue weighted by molar-refractivity contribution is -0.126. The Morgan fingerprint density at radius 3 is 2.37 bits per heavy atom. The Hall–Kier alpha value is -3.76. The molecule has 0 N–H and O–H groups in total. The molecule has 0 spiro atoms. The van der Waals surface area contributed by atoms with Gasteiger partial charge in [0.2, 0.25) is 0 Å². The van der Waals surface area contributed by atoms with Gasteiger partial charge >= 0.3 is 0 Å². The Bertz CT molecular complexity index is 1230. The Morgan fingerprint density at radius 1 is 1.00 bits per heavy atom. The molecule has 178 valence electrons. The summed E-state index contributed by atoms with van der Waals surface area (Å²) in [6.45, 7) is 2.99. The number of nitriles is 1. The van der Waals surface area contributed by atoms with Gasteiger partial charge in [-0.25, -0.2) is 0 Å². The van der Waals surface area contributed by atoms with Crippen molar-refractivity contribution in [1.82, 2.24) is 4.90 Å². The third-order valence-electron chi connectivity index (χ3n) is 5.85. The molecule has 1 amide bonds. The van der Waals surface area contributed by atoms with Gasteiger partial charge in [0.15, 0.2) is 11.5 Å². The van der Waals surface area contributed by atoms with Gasteiger partial charge in [0, 0.05) is 36.3 Å². The van der Waals surface area contributed by atoms with Gasteiger partial charge in [-0.2, -0.15) is 5.26 Å². The second-order valence-corrected chi connectivity index (χ2v) is 9.03. The predicted molar refractivity (Wildman–Crippen MR) is 140 cm³/mol. The lowest BCUT2D eigenvalue weighted by atomic mass is 10.1. The number of amides is 1. The highest BCUT2D eigenvalue weighted by Gasteiger charge is 2.24. The molecule has 6 nitrogen and oxygen atoms in total. The summed E-state index contributed by atoms with van der Waals surface area (Å²) in [4.78, 5) is 17.0. The number of nitrogens with zero attached hydrogens (tertiary/aromatic N) is 3. The smallest absolute Gasteiger partial charge is 0.264 e. The van der Waals surface area contributed by atoms with Crippen LogP contribution in [0.3, 0.4) is 0 Å². The topological polar surface area (TPSA) is 65.8 Å². The first kappa shape index (κ1) is 24.4. The first-order chi connectivity index (χ1) is 17.1. The number of rotatable bonds is 7. The highest BCUT2D eigenvalue weighted by Crippen LogP contribution is 2.30. The van der Waals surface area contributed by atoms with Crippen LogP contribution in [0.1, 0.15) is 11.1 Å². The zero-order valence-corrected chi connectivity index (χ0v) is 21.1. The largest absolute Gasteiger partial charge is 0.493 e. The molecule has 0 aliphatic carbocycles. The SMILES string of the molecule is COc1cc(/C=C(/C#N)C(=O)N2CCN(c3ccccc3)CC2)ccc1OCc1ccc(Br)cc1. The number of para-hydroxylation sites is 1. The highest BCUT2D eigenvalue weighted by atomic mass is 79.9. The third kappa shape index (κ3) is 6.23. The van der Waals surface area contributed by atoms with Crippen molar-refractivity contribution in [3.8, 4) is 17.6 Å². The predicted octanol–water partition coefficient (Wildman–Crippen LogP) is 5.29. The fourth-order valence-corrected chi connectivity index (χ4v) is 4.18. The molecule has 4 rings (SSSR count). The Labute approximate surface area is 214 Å². The average molecular weight is 532 g/mol. The monoisotopic (exact) mass is 531 g/mol. The van der Waals surface area contributed by atoms with Crippen molar-refractivity contribution < 1.29 is 14.3 Å². The van der Waals surface area contributed by atoms with Gasteiger partial charge in [-0.1, -0.05) is 52.3 Å². The van der Waals surface area contributed by atoms with Crippen molar-refractivity contribution in [2.75, 3.05) is 38.2 Å². The molecule has 3 aromatic carbocycles. The molecular formula is C28H26BrN3O3. The molecule has 0 aromatic heterocycles. The number of hydrogen-bond donors (Lipinski definition) is 0. The molecule has 0 saturated carbocycles. The van der Waals surface area contributed by atoms with Crippen molar-refractivity contribution in [1.29, 1.82) is 5.26 Å². The van der Waals surface area contributed by atoms with Gasteiger partial charge in [0.05, 0.1) is 7.11 Å². The minimum Gasteiger partial charge on any atom is -0.493 e. The number of benzene rings is 3. The summed E-state index contributed by atoms with van der Waals surface area (Å²) < 4.78 is 12.4. The van der Waals surface area contributed by atoms with E-state index in [1.807, 2.05) is 48.5 Å². The van der Waals surface area contributed by atoms with E-state index < -0.39 is 0 Å². The van der Waals surface area contributed by atoms with Gasteiger partial charge in [-0.3, -0.25) is 4.79 Å². The van der Waals surface area contributed by atoms with Crippen molar-refractivity contribution >= 4 is 33.6 Å². The van der Waals surface area contributed by atoms with E-state index in [4.69, 9.17) is 9.47 Å². The summed E-state index contributed by atoms with van der Waals surface area (Å²) in [5.41, 5.74) is 2.98. The van der Waals surface area contributed by atoms with E-state index in [2.05, 4.69) is 39.0 Å². The Morgan fingerprint density at radius 2 is 1.71 bits per heavy atom. The third-order valence-corrected chi connectivity index (χ3v) is 6.37. The van der Waals surface area contributed by atoms with Crippen LogP contribution in [0.4, 0.5) is 5.69 Å². The molecule has 0 bridgehead atoms. The van der Waals surface area contributed by atoms with Crippen LogP contribution in [0.25, 0.3) is 6.08 Å². The number of methoxy groups -OCH3 is 1. The van der Waals surface area contributed by atoms with Crippen LogP contribution in [0.5, 0.6) is 11.5 Å². The molecule has 7 heteroatoms. The van der Waals surface area contributed by atoms with E-state index in [9.17, 15) is 10.1 Å². The van der Waals surface area contributed by atoms with E-state index in [1.54, 1.807) is 30.2 Å². The van der Waals surface area contributed by atoms with Crippen LogP contribution in [-0.4, -0.2) is 44.1 Å². The number of carbonyl (C=O) groups is 1. The molecule has 1 aliphatic heterocycles. The number of carbonyl (C=O) groups excluding carboxylic acids is 1. The standard InChI is InChI=1S/C28H26BrN3O3/c1-34-27-18-22(9-12-26(27)35-20-21-7-10-24(29)11-8-21)17-23(19-30)28(33)32-15-13-31(14-16-32)25-5-3-2-4-6-25/h2-12,17-18H,13-16,20H2,1H3/b23-17-. The second-order valence-electron chi connectivity index (χ2n) is 8.11. The van der Waals surface area contributed by atoms with Crippen molar-refractivity contribution in [3.63, 3.8) is 0 Å². The summed E-state index contributed by atoms with van der Waals surface area (Å²) in [6.07, 6.45) is 1.60.